The molecule has 0 spiro atoms. The number of anilines is 1. The van der Waals surface area contributed by atoms with Crippen molar-refractivity contribution in [3.05, 3.63) is 59.9 Å². The first-order valence-electron chi connectivity index (χ1n) is 8.82. The van der Waals surface area contributed by atoms with Crippen LogP contribution < -0.4 is 10.0 Å². The number of hydrogen-bond acceptors (Lipinski definition) is 6. The van der Waals surface area contributed by atoms with E-state index in [1.165, 1.54) is 6.33 Å². The van der Waals surface area contributed by atoms with Crippen molar-refractivity contribution in [2.24, 2.45) is 0 Å². The molecule has 0 atom stereocenters. The van der Waals surface area contributed by atoms with E-state index in [-0.39, 0.29) is 13.1 Å². The van der Waals surface area contributed by atoms with Gasteiger partial charge in [-0.05, 0) is 32.0 Å². The molecule has 0 amide bonds. The molecular formula is C18H19F3N6O2S. The second-order valence-corrected chi connectivity index (χ2v) is 8.16. The van der Waals surface area contributed by atoms with Gasteiger partial charge in [-0.2, -0.15) is 13.2 Å². The summed E-state index contributed by atoms with van der Waals surface area (Å²) in [5.41, 5.74) is 0.766. The van der Waals surface area contributed by atoms with Gasteiger partial charge in [0.1, 0.15) is 24.3 Å². The summed E-state index contributed by atoms with van der Waals surface area (Å²) >= 11 is 0. The quantitative estimate of drug-likeness (QED) is 0.548. The summed E-state index contributed by atoms with van der Waals surface area (Å²) in [6.07, 6.45) is -1.62. The number of halogens is 3. The number of alkyl halides is 3. The summed E-state index contributed by atoms with van der Waals surface area (Å²) in [6.45, 7) is 3.89. The Morgan fingerprint density at radius 1 is 1.07 bits per heavy atom. The number of rotatable bonds is 7. The van der Waals surface area contributed by atoms with E-state index in [1.807, 2.05) is 13.8 Å². The van der Waals surface area contributed by atoms with Gasteiger partial charge < -0.3 is 5.32 Å². The van der Waals surface area contributed by atoms with E-state index in [1.54, 1.807) is 17.0 Å². The summed E-state index contributed by atoms with van der Waals surface area (Å²) in [7, 11) is -4.09. The monoisotopic (exact) mass is 440 g/mol. The molecule has 160 valence electrons. The Balaban J connectivity index is 1.61. The molecule has 0 bridgehead atoms. The molecule has 8 nitrogen and oxygen atoms in total. The molecule has 0 radical (unpaired) electrons. The lowest BCUT2D eigenvalue weighted by atomic mass is 10.2. The molecular weight excluding hydrogens is 421 g/mol. The molecule has 3 rings (SSSR count). The van der Waals surface area contributed by atoms with Crippen LogP contribution in [0.25, 0.3) is 5.82 Å². The third-order valence-electron chi connectivity index (χ3n) is 4.35. The first-order valence-corrected chi connectivity index (χ1v) is 10.3. The summed E-state index contributed by atoms with van der Waals surface area (Å²) in [5.74, 6) is 1.05. The Labute approximate surface area is 171 Å². The van der Waals surface area contributed by atoms with Crippen molar-refractivity contribution in [1.82, 2.24) is 24.2 Å². The highest BCUT2D eigenvalue weighted by atomic mass is 32.2. The van der Waals surface area contributed by atoms with E-state index >= 15 is 0 Å². The number of aromatic nitrogens is 4. The van der Waals surface area contributed by atoms with Gasteiger partial charge in [0.05, 0.1) is 16.2 Å². The van der Waals surface area contributed by atoms with E-state index in [9.17, 15) is 21.6 Å². The standard InChI is InChI=1S/C18H19F3N6O2S/c1-12-13(2)27(11-25-12)17-9-16(23-10-24-17)22-6-7-26-30(28,29)15-5-3-4-14(8-15)18(19,20)21/h3-5,8-11,26H,6-7H2,1-2H3,(H,22,23,24). The minimum Gasteiger partial charge on any atom is -0.369 e. The maximum absolute atomic E-state index is 12.8. The maximum Gasteiger partial charge on any atom is 0.416 e. The summed E-state index contributed by atoms with van der Waals surface area (Å²) in [5, 5.41) is 2.95. The van der Waals surface area contributed by atoms with Gasteiger partial charge in [0.15, 0.2) is 0 Å². The van der Waals surface area contributed by atoms with Gasteiger partial charge >= 0.3 is 6.18 Å². The van der Waals surface area contributed by atoms with Crippen LogP contribution in [0.1, 0.15) is 17.0 Å². The van der Waals surface area contributed by atoms with E-state index in [4.69, 9.17) is 0 Å². The first-order chi connectivity index (χ1) is 14.1. The van der Waals surface area contributed by atoms with Crippen LogP contribution in [-0.2, 0) is 16.2 Å². The molecule has 1 aromatic carbocycles. The lowest BCUT2D eigenvalue weighted by molar-refractivity contribution is -0.137. The molecule has 0 saturated heterocycles. The topological polar surface area (TPSA) is 102 Å². The average molecular weight is 440 g/mol. The number of benzene rings is 1. The van der Waals surface area contributed by atoms with Gasteiger partial charge in [-0.3, -0.25) is 4.57 Å². The Hall–Kier alpha value is -2.99. The molecule has 2 heterocycles. The molecule has 0 fully saturated rings. The van der Waals surface area contributed by atoms with Crippen molar-refractivity contribution in [1.29, 1.82) is 0 Å². The van der Waals surface area contributed by atoms with Gasteiger partial charge in [-0.15, -0.1) is 0 Å². The van der Waals surface area contributed by atoms with Gasteiger partial charge in [0, 0.05) is 24.8 Å². The Bertz CT molecular complexity index is 1140. The number of hydrogen-bond donors (Lipinski definition) is 2. The molecule has 2 aromatic heterocycles. The summed E-state index contributed by atoms with van der Waals surface area (Å²) in [4.78, 5) is 12.0. The third-order valence-corrected chi connectivity index (χ3v) is 5.80. The fourth-order valence-corrected chi connectivity index (χ4v) is 3.68. The third kappa shape index (κ3) is 4.94. The van der Waals surface area contributed by atoms with Crippen molar-refractivity contribution >= 4 is 15.8 Å². The van der Waals surface area contributed by atoms with Crippen molar-refractivity contribution in [2.75, 3.05) is 18.4 Å². The minimum atomic E-state index is -4.62. The van der Waals surface area contributed by atoms with Gasteiger partial charge in [-0.1, -0.05) is 6.07 Å². The number of aryl methyl sites for hydroxylation is 1. The SMILES string of the molecule is Cc1ncn(-c2cc(NCCNS(=O)(=O)c3cccc(C(F)(F)F)c3)ncn2)c1C. The number of nitrogens with one attached hydrogen (secondary N) is 2. The highest BCUT2D eigenvalue weighted by Crippen LogP contribution is 2.30. The molecule has 0 saturated carbocycles. The van der Waals surface area contributed by atoms with Gasteiger partial charge in [0.2, 0.25) is 10.0 Å². The van der Waals surface area contributed by atoms with Crippen LogP contribution in [0.4, 0.5) is 19.0 Å². The Kier molecular flexibility index (Phi) is 6.08. The lowest BCUT2D eigenvalue weighted by Crippen LogP contribution is -2.29. The fraction of sp³-hybridized carbons (Fsp3) is 0.278. The zero-order valence-electron chi connectivity index (χ0n) is 16.1. The van der Waals surface area contributed by atoms with Crippen molar-refractivity contribution in [3.8, 4) is 5.82 Å². The number of imidazole rings is 1. The van der Waals surface area contributed by atoms with Crippen LogP contribution in [0.3, 0.4) is 0 Å². The first kappa shape index (κ1) is 21.7. The highest BCUT2D eigenvalue weighted by molar-refractivity contribution is 7.89. The van der Waals surface area contributed by atoms with Crippen molar-refractivity contribution < 1.29 is 21.6 Å². The average Bonchev–Trinajstić information content (AvgIpc) is 3.04. The van der Waals surface area contributed by atoms with E-state index < -0.39 is 26.7 Å². The van der Waals surface area contributed by atoms with Gasteiger partial charge in [-0.25, -0.2) is 28.1 Å². The number of sulfonamides is 1. The molecule has 30 heavy (non-hydrogen) atoms. The summed E-state index contributed by atoms with van der Waals surface area (Å²) < 4.78 is 66.9. The molecule has 0 aliphatic rings. The maximum atomic E-state index is 12.8. The highest BCUT2D eigenvalue weighted by Gasteiger charge is 2.31. The molecule has 0 aliphatic heterocycles. The molecule has 12 heteroatoms. The van der Waals surface area contributed by atoms with Gasteiger partial charge in [0.25, 0.3) is 0 Å². The predicted molar refractivity (Wildman–Crippen MR) is 104 cm³/mol. The van der Waals surface area contributed by atoms with Crippen LogP contribution >= 0.6 is 0 Å². The molecule has 0 aliphatic carbocycles. The Morgan fingerprint density at radius 2 is 1.83 bits per heavy atom. The molecule has 3 aromatic rings. The Morgan fingerprint density at radius 3 is 2.50 bits per heavy atom. The zero-order chi connectivity index (χ0) is 21.9. The normalized spacial score (nSPS) is 12.2. The van der Waals surface area contributed by atoms with Crippen LogP contribution in [0.2, 0.25) is 0 Å². The second-order valence-electron chi connectivity index (χ2n) is 6.40. The smallest absolute Gasteiger partial charge is 0.369 e. The summed E-state index contributed by atoms with van der Waals surface area (Å²) in [6, 6.07) is 5.25. The molecule has 2 N–H and O–H groups in total. The van der Waals surface area contributed by atoms with Crippen LogP contribution in [-0.4, -0.2) is 41.0 Å². The van der Waals surface area contributed by atoms with E-state index in [2.05, 4.69) is 25.0 Å². The lowest BCUT2D eigenvalue weighted by Gasteiger charge is -2.11. The van der Waals surface area contributed by atoms with E-state index in [0.29, 0.717) is 17.7 Å². The zero-order valence-corrected chi connectivity index (χ0v) is 16.9. The predicted octanol–water partition coefficient (Wildman–Crippen LogP) is 2.69. The van der Waals surface area contributed by atoms with Crippen molar-refractivity contribution in [2.45, 2.75) is 24.9 Å². The minimum absolute atomic E-state index is 0.0544. The second kappa shape index (κ2) is 8.40. The van der Waals surface area contributed by atoms with E-state index in [0.717, 1.165) is 29.6 Å². The largest absolute Gasteiger partial charge is 0.416 e. The molecule has 0 unspecified atom stereocenters. The van der Waals surface area contributed by atoms with Crippen LogP contribution in [0.15, 0.2) is 47.9 Å². The van der Waals surface area contributed by atoms with Crippen LogP contribution in [0, 0.1) is 13.8 Å². The fourth-order valence-electron chi connectivity index (χ4n) is 2.60. The van der Waals surface area contributed by atoms with Crippen molar-refractivity contribution in [3.63, 3.8) is 0 Å². The van der Waals surface area contributed by atoms with Crippen LogP contribution in [0.5, 0.6) is 0 Å². The number of nitrogens with zero attached hydrogens (tertiary/aromatic N) is 4.